The molecule has 0 fully saturated rings. The van der Waals surface area contributed by atoms with Crippen molar-refractivity contribution < 1.29 is 4.74 Å². The first-order valence-electron chi connectivity index (χ1n) is 4.11. The van der Waals surface area contributed by atoms with Crippen molar-refractivity contribution in [2.45, 2.75) is 6.92 Å². The van der Waals surface area contributed by atoms with E-state index in [1.165, 1.54) is 0 Å². The van der Waals surface area contributed by atoms with Gasteiger partial charge in [0.2, 0.25) is 0 Å². The van der Waals surface area contributed by atoms with Crippen molar-refractivity contribution in [3.05, 3.63) is 29.3 Å². The van der Waals surface area contributed by atoms with Crippen LogP contribution in [0.25, 0.3) is 0 Å². The maximum Gasteiger partial charge on any atom is 0.120 e. The fourth-order valence-electron chi connectivity index (χ4n) is 1.09. The molecule has 13 heavy (non-hydrogen) atoms. The molecule has 0 aliphatic carbocycles. The Bertz CT molecular complexity index is 347. The van der Waals surface area contributed by atoms with E-state index in [1.807, 2.05) is 25.1 Å². The molecular formula is C11H13NO. The van der Waals surface area contributed by atoms with Crippen LogP contribution < -0.4 is 10.5 Å². The highest BCUT2D eigenvalue weighted by Crippen LogP contribution is 2.15. The molecule has 0 saturated heterocycles. The average molecular weight is 175 g/mol. The molecule has 0 saturated carbocycles. The summed E-state index contributed by atoms with van der Waals surface area (Å²) in [5.41, 5.74) is 7.37. The molecule has 1 aromatic rings. The van der Waals surface area contributed by atoms with Crippen LogP contribution >= 0.6 is 0 Å². The van der Waals surface area contributed by atoms with E-state index in [0.717, 1.165) is 16.9 Å². The number of nitrogens with two attached hydrogens (primary N) is 1. The second kappa shape index (κ2) is 4.54. The Morgan fingerprint density at radius 1 is 1.38 bits per heavy atom. The highest BCUT2D eigenvalue weighted by molar-refractivity contribution is 5.43. The van der Waals surface area contributed by atoms with E-state index in [-0.39, 0.29) is 0 Å². The van der Waals surface area contributed by atoms with Crippen LogP contribution in [-0.2, 0) is 0 Å². The fourth-order valence-corrected chi connectivity index (χ4v) is 1.09. The third kappa shape index (κ3) is 2.81. The van der Waals surface area contributed by atoms with Gasteiger partial charge in [0.1, 0.15) is 5.75 Å². The standard InChI is InChI=1S/C11H13NO/c1-9-6-10(4-3-5-12)8-11(7-9)13-2/h6-8H,5,12H2,1-2H3. The van der Waals surface area contributed by atoms with Crippen molar-refractivity contribution in [1.82, 2.24) is 0 Å². The van der Waals surface area contributed by atoms with Crippen LogP contribution in [0.5, 0.6) is 5.75 Å². The van der Waals surface area contributed by atoms with E-state index in [0.29, 0.717) is 6.54 Å². The minimum absolute atomic E-state index is 0.385. The zero-order valence-corrected chi connectivity index (χ0v) is 7.92. The molecule has 1 aromatic carbocycles. The van der Waals surface area contributed by atoms with Crippen LogP contribution in [-0.4, -0.2) is 13.7 Å². The number of hydrogen-bond donors (Lipinski definition) is 1. The molecule has 68 valence electrons. The summed E-state index contributed by atoms with van der Waals surface area (Å²) in [7, 11) is 1.65. The number of methoxy groups -OCH3 is 1. The van der Waals surface area contributed by atoms with Crippen molar-refractivity contribution in [1.29, 1.82) is 0 Å². The maximum atomic E-state index is 5.28. The first-order chi connectivity index (χ1) is 6.26. The van der Waals surface area contributed by atoms with Gasteiger partial charge in [0, 0.05) is 5.56 Å². The molecule has 0 spiro atoms. The summed E-state index contributed by atoms with van der Waals surface area (Å²) in [5.74, 6) is 6.60. The van der Waals surface area contributed by atoms with Gasteiger partial charge in [-0.05, 0) is 30.7 Å². The van der Waals surface area contributed by atoms with Gasteiger partial charge in [-0.1, -0.05) is 11.8 Å². The molecule has 0 unspecified atom stereocenters. The minimum Gasteiger partial charge on any atom is -0.497 e. The Morgan fingerprint density at radius 2 is 2.15 bits per heavy atom. The van der Waals surface area contributed by atoms with Gasteiger partial charge >= 0.3 is 0 Å². The summed E-state index contributed by atoms with van der Waals surface area (Å²) in [4.78, 5) is 0. The summed E-state index contributed by atoms with van der Waals surface area (Å²) in [6.07, 6.45) is 0. The predicted molar refractivity (Wildman–Crippen MR) is 53.7 cm³/mol. The van der Waals surface area contributed by atoms with Crippen molar-refractivity contribution >= 4 is 0 Å². The second-order valence-electron chi connectivity index (χ2n) is 2.74. The van der Waals surface area contributed by atoms with Crippen LogP contribution in [0.2, 0.25) is 0 Å². The second-order valence-corrected chi connectivity index (χ2v) is 2.74. The molecule has 0 aliphatic heterocycles. The van der Waals surface area contributed by atoms with Gasteiger partial charge in [-0.15, -0.1) is 0 Å². The third-order valence-electron chi connectivity index (χ3n) is 1.62. The number of hydrogen-bond acceptors (Lipinski definition) is 2. The topological polar surface area (TPSA) is 35.2 Å². The van der Waals surface area contributed by atoms with Gasteiger partial charge in [0.05, 0.1) is 13.7 Å². The lowest BCUT2D eigenvalue weighted by Gasteiger charge is -2.01. The Hall–Kier alpha value is -1.46. The Balaban J connectivity index is 3.01. The molecule has 0 radical (unpaired) electrons. The number of ether oxygens (including phenoxy) is 1. The van der Waals surface area contributed by atoms with E-state index >= 15 is 0 Å². The van der Waals surface area contributed by atoms with E-state index < -0.39 is 0 Å². The summed E-state index contributed by atoms with van der Waals surface area (Å²) in [5, 5.41) is 0. The molecule has 0 amide bonds. The monoisotopic (exact) mass is 175 g/mol. The minimum atomic E-state index is 0.385. The van der Waals surface area contributed by atoms with Crippen molar-refractivity contribution in [3.63, 3.8) is 0 Å². The van der Waals surface area contributed by atoms with Crippen LogP contribution in [0.4, 0.5) is 0 Å². The van der Waals surface area contributed by atoms with Gasteiger partial charge in [-0.3, -0.25) is 0 Å². The SMILES string of the molecule is COc1cc(C)cc(C#CCN)c1. The molecule has 2 N–H and O–H groups in total. The quantitative estimate of drug-likeness (QED) is 0.653. The Labute approximate surface area is 78.7 Å². The van der Waals surface area contributed by atoms with Gasteiger partial charge < -0.3 is 10.5 Å². The number of aryl methyl sites for hydroxylation is 1. The molecular weight excluding hydrogens is 162 g/mol. The van der Waals surface area contributed by atoms with Gasteiger partial charge in [-0.2, -0.15) is 0 Å². The van der Waals surface area contributed by atoms with Crippen molar-refractivity contribution in [2.75, 3.05) is 13.7 Å². The van der Waals surface area contributed by atoms with Crippen molar-refractivity contribution in [3.8, 4) is 17.6 Å². The molecule has 2 heteroatoms. The van der Waals surface area contributed by atoms with Gasteiger partial charge in [0.25, 0.3) is 0 Å². The first kappa shape index (κ1) is 9.63. The summed E-state index contributed by atoms with van der Waals surface area (Å²) < 4.78 is 5.12. The van der Waals surface area contributed by atoms with E-state index in [1.54, 1.807) is 7.11 Å². The molecule has 2 nitrogen and oxygen atoms in total. The predicted octanol–water partition coefficient (Wildman–Crippen LogP) is 1.31. The Kier molecular flexibility index (Phi) is 3.36. The number of rotatable bonds is 1. The highest BCUT2D eigenvalue weighted by atomic mass is 16.5. The summed E-state index contributed by atoms with van der Waals surface area (Å²) >= 11 is 0. The summed E-state index contributed by atoms with van der Waals surface area (Å²) in [6.45, 7) is 2.40. The van der Waals surface area contributed by atoms with Gasteiger partial charge in [-0.25, -0.2) is 0 Å². The third-order valence-corrected chi connectivity index (χ3v) is 1.62. The lowest BCUT2D eigenvalue weighted by molar-refractivity contribution is 0.414. The molecule has 0 atom stereocenters. The number of benzene rings is 1. The van der Waals surface area contributed by atoms with E-state index in [9.17, 15) is 0 Å². The first-order valence-corrected chi connectivity index (χ1v) is 4.11. The lowest BCUT2D eigenvalue weighted by atomic mass is 10.1. The zero-order chi connectivity index (χ0) is 9.68. The maximum absolute atomic E-state index is 5.28. The normalized spacial score (nSPS) is 8.85. The molecule has 1 rings (SSSR count). The van der Waals surface area contributed by atoms with E-state index in [2.05, 4.69) is 11.8 Å². The van der Waals surface area contributed by atoms with Crippen LogP contribution in [0, 0.1) is 18.8 Å². The zero-order valence-electron chi connectivity index (χ0n) is 7.92. The van der Waals surface area contributed by atoms with E-state index in [4.69, 9.17) is 10.5 Å². The molecule has 0 aromatic heterocycles. The fraction of sp³-hybridized carbons (Fsp3) is 0.273. The van der Waals surface area contributed by atoms with Crippen LogP contribution in [0.1, 0.15) is 11.1 Å². The van der Waals surface area contributed by atoms with Crippen LogP contribution in [0.3, 0.4) is 0 Å². The van der Waals surface area contributed by atoms with Crippen molar-refractivity contribution in [2.24, 2.45) is 5.73 Å². The van der Waals surface area contributed by atoms with Gasteiger partial charge in [0.15, 0.2) is 0 Å². The molecule has 0 bridgehead atoms. The Morgan fingerprint density at radius 3 is 2.77 bits per heavy atom. The smallest absolute Gasteiger partial charge is 0.120 e. The molecule has 0 aliphatic rings. The highest BCUT2D eigenvalue weighted by Gasteiger charge is 1.94. The van der Waals surface area contributed by atoms with Crippen LogP contribution in [0.15, 0.2) is 18.2 Å². The molecule has 0 heterocycles. The summed E-state index contributed by atoms with van der Waals surface area (Å²) in [6, 6.07) is 5.87. The average Bonchev–Trinajstić information content (AvgIpc) is 2.14. The lowest BCUT2D eigenvalue weighted by Crippen LogP contribution is -1.93. The largest absolute Gasteiger partial charge is 0.497 e.